The van der Waals surface area contributed by atoms with Gasteiger partial charge in [-0.1, -0.05) is 82.6 Å². The molecule has 1 heteroatoms. The molecule has 0 aromatic heterocycles. The highest BCUT2D eigenvalue weighted by Crippen LogP contribution is 2.37. The Labute approximate surface area is 185 Å². The van der Waals surface area contributed by atoms with E-state index in [1.165, 1.54) is 83.5 Å². The third-order valence-electron chi connectivity index (χ3n) is 7.49. The molecule has 0 atom stereocenters. The van der Waals surface area contributed by atoms with E-state index in [0.717, 1.165) is 23.3 Å². The predicted octanol–water partition coefficient (Wildman–Crippen LogP) is 8.05. The van der Waals surface area contributed by atoms with Crippen LogP contribution in [0.4, 0.5) is 0 Å². The minimum Gasteiger partial charge on any atom is -0.192 e. The molecule has 2 saturated carbocycles. The second-order valence-electron chi connectivity index (χ2n) is 9.70. The highest BCUT2D eigenvalue weighted by molar-refractivity contribution is 5.41. The van der Waals surface area contributed by atoms with E-state index in [2.05, 4.69) is 30.9 Å². The molecule has 0 unspecified atom stereocenters. The molecule has 0 N–H and O–H groups in total. The van der Waals surface area contributed by atoms with E-state index in [1.54, 1.807) is 0 Å². The molecular weight excluding hydrogens is 362 g/mol. The van der Waals surface area contributed by atoms with E-state index >= 15 is 0 Å². The number of hydrogen-bond donors (Lipinski definition) is 0. The van der Waals surface area contributed by atoms with Crippen molar-refractivity contribution >= 4 is 0 Å². The number of benzene rings is 1. The van der Waals surface area contributed by atoms with E-state index < -0.39 is 0 Å². The van der Waals surface area contributed by atoms with E-state index in [9.17, 15) is 0 Å². The van der Waals surface area contributed by atoms with Crippen LogP contribution in [0.3, 0.4) is 0 Å². The van der Waals surface area contributed by atoms with Crippen molar-refractivity contribution in [3.8, 4) is 17.9 Å². The molecule has 0 spiro atoms. The minimum absolute atomic E-state index is 0.688. The molecule has 1 aromatic rings. The Kier molecular flexibility index (Phi) is 9.57. The standard InChI is InChI=1S/C29H39N/c1-2-3-6-24-9-13-27(14-10-24)17-18-28-15-11-25(12-16-28)7-4-5-8-26-19-21-29(23-30)22-20-26/h4,7,19-22,24-25,27-28H,2-3,6,9-18H2,1H3/b7-4+/t24-,25?,27-,28?. The Hall–Kier alpha value is -1.99. The molecule has 30 heavy (non-hydrogen) atoms. The van der Waals surface area contributed by atoms with Crippen LogP contribution < -0.4 is 0 Å². The number of unbranched alkanes of at least 4 members (excludes halogenated alkanes) is 1. The Balaban J connectivity index is 1.30. The van der Waals surface area contributed by atoms with Gasteiger partial charge in [0.05, 0.1) is 11.6 Å². The van der Waals surface area contributed by atoms with Crippen LogP contribution >= 0.6 is 0 Å². The minimum atomic E-state index is 0.688. The van der Waals surface area contributed by atoms with Crippen molar-refractivity contribution in [2.45, 2.75) is 90.4 Å². The molecule has 0 aliphatic heterocycles. The number of nitriles is 1. The van der Waals surface area contributed by atoms with Crippen LogP contribution in [-0.2, 0) is 0 Å². The second kappa shape index (κ2) is 12.6. The summed E-state index contributed by atoms with van der Waals surface area (Å²) >= 11 is 0. The summed E-state index contributed by atoms with van der Waals surface area (Å²) in [6.07, 6.45) is 23.1. The van der Waals surface area contributed by atoms with Crippen LogP contribution in [0.1, 0.15) is 102 Å². The van der Waals surface area contributed by atoms with E-state index in [4.69, 9.17) is 5.26 Å². The van der Waals surface area contributed by atoms with Crippen molar-refractivity contribution in [1.29, 1.82) is 5.26 Å². The van der Waals surface area contributed by atoms with Gasteiger partial charge in [-0.15, -0.1) is 0 Å². The highest BCUT2D eigenvalue weighted by Gasteiger charge is 2.23. The third-order valence-corrected chi connectivity index (χ3v) is 7.49. The van der Waals surface area contributed by atoms with E-state index in [1.807, 2.05) is 30.3 Å². The Morgan fingerprint density at radius 1 is 0.800 bits per heavy atom. The monoisotopic (exact) mass is 401 g/mol. The van der Waals surface area contributed by atoms with Crippen molar-refractivity contribution in [2.75, 3.05) is 0 Å². The zero-order valence-electron chi connectivity index (χ0n) is 18.9. The topological polar surface area (TPSA) is 23.8 Å². The van der Waals surface area contributed by atoms with Gasteiger partial charge in [-0.2, -0.15) is 5.26 Å². The van der Waals surface area contributed by atoms with Crippen LogP contribution in [0.2, 0.25) is 0 Å². The molecule has 0 amide bonds. The molecule has 2 aliphatic carbocycles. The van der Waals surface area contributed by atoms with Crippen molar-refractivity contribution in [3.05, 3.63) is 47.5 Å². The molecule has 0 radical (unpaired) electrons. The molecular formula is C29H39N. The summed E-state index contributed by atoms with van der Waals surface area (Å²) in [4.78, 5) is 0. The lowest BCUT2D eigenvalue weighted by Gasteiger charge is -2.31. The summed E-state index contributed by atoms with van der Waals surface area (Å²) in [5.74, 6) is 10.1. The Morgan fingerprint density at radius 2 is 1.33 bits per heavy atom. The van der Waals surface area contributed by atoms with Gasteiger partial charge in [0.25, 0.3) is 0 Å². The van der Waals surface area contributed by atoms with Crippen LogP contribution in [0.25, 0.3) is 0 Å². The number of nitrogens with zero attached hydrogens (tertiary/aromatic N) is 1. The Bertz CT molecular complexity index is 738. The average Bonchev–Trinajstić information content (AvgIpc) is 2.81. The first kappa shape index (κ1) is 22.7. The summed E-state index contributed by atoms with van der Waals surface area (Å²) in [6.45, 7) is 2.32. The van der Waals surface area contributed by atoms with Crippen molar-refractivity contribution < 1.29 is 0 Å². The smallest absolute Gasteiger partial charge is 0.0991 e. The first-order valence-corrected chi connectivity index (χ1v) is 12.4. The fourth-order valence-electron chi connectivity index (χ4n) is 5.38. The molecule has 0 heterocycles. The largest absolute Gasteiger partial charge is 0.192 e. The lowest BCUT2D eigenvalue weighted by molar-refractivity contribution is 0.220. The summed E-state index contributed by atoms with van der Waals surface area (Å²) < 4.78 is 0. The van der Waals surface area contributed by atoms with Gasteiger partial charge in [0.2, 0.25) is 0 Å². The first-order chi connectivity index (χ1) is 14.8. The zero-order valence-corrected chi connectivity index (χ0v) is 18.9. The zero-order chi connectivity index (χ0) is 21.0. The van der Waals surface area contributed by atoms with Gasteiger partial charge in [-0.3, -0.25) is 0 Å². The van der Waals surface area contributed by atoms with Crippen LogP contribution in [0.5, 0.6) is 0 Å². The lowest BCUT2D eigenvalue weighted by Crippen LogP contribution is -2.17. The molecule has 0 bridgehead atoms. The maximum Gasteiger partial charge on any atom is 0.0991 e. The first-order valence-electron chi connectivity index (χ1n) is 12.4. The number of rotatable bonds is 7. The van der Waals surface area contributed by atoms with Crippen molar-refractivity contribution in [1.82, 2.24) is 0 Å². The van der Waals surface area contributed by atoms with E-state index in [-0.39, 0.29) is 0 Å². The van der Waals surface area contributed by atoms with Gasteiger partial charge < -0.3 is 0 Å². The maximum atomic E-state index is 8.84. The normalized spacial score (nSPS) is 26.7. The van der Waals surface area contributed by atoms with Crippen LogP contribution in [-0.4, -0.2) is 0 Å². The van der Waals surface area contributed by atoms with Crippen LogP contribution in [0, 0.1) is 46.8 Å². The lowest BCUT2D eigenvalue weighted by atomic mass is 9.75. The third kappa shape index (κ3) is 7.69. The molecule has 3 rings (SSSR count). The van der Waals surface area contributed by atoms with E-state index in [0.29, 0.717) is 11.5 Å². The van der Waals surface area contributed by atoms with Gasteiger partial charge in [-0.25, -0.2) is 0 Å². The van der Waals surface area contributed by atoms with Gasteiger partial charge in [-0.05, 0) is 79.7 Å². The molecule has 0 saturated heterocycles. The number of allylic oxidation sites excluding steroid dienone is 2. The maximum absolute atomic E-state index is 8.84. The fourth-order valence-corrected chi connectivity index (χ4v) is 5.38. The van der Waals surface area contributed by atoms with Crippen molar-refractivity contribution in [3.63, 3.8) is 0 Å². The van der Waals surface area contributed by atoms with Gasteiger partial charge in [0.1, 0.15) is 0 Å². The molecule has 1 nitrogen and oxygen atoms in total. The highest BCUT2D eigenvalue weighted by atomic mass is 14.3. The molecule has 2 fully saturated rings. The fraction of sp³-hybridized carbons (Fsp3) is 0.621. The molecule has 160 valence electrons. The summed E-state index contributed by atoms with van der Waals surface area (Å²) in [6, 6.07) is 9.63. The van der Waals surface area contributed by atoms with Gasteiger partial charge >= 0.3 is 0 Å². The molecule has 1 aromatic carbocycles. The van der Waals surface area contributed by atoms with Gasteiger partial charge in [0, 0.05) is 5.56 Å². The second-order valence-corrected chi connectivity index (χ2v) is 9.70. The van der Waals surface area contributed by atoms with Crippen LogP contribution in [0.15, 0.2) is 36.4 Å². The number of hydrogen-bond acceptors (Lipinski definition) is 1. The van der Waals surface area contributed by atoms with Gasteiger partial charge in [0.15, 0.2) is 0 Å². The Morgan fingerprint density at radius 3 is 1.90 bits per heavy atom. The van der Waals surface area contributed by atoms with Crippen molar-refractivity contribution in [2.24, 2.45) is 23.7 Å². The predicted molar refractivity (Wildman–Crippen MR) is 127 cm³/mol. The summed E-state index contributed by atoms with van der Waals surface area (Å²) in [7, 11) is 0. The summed E-state index contributed by atoms with van der Waals surface area (Å²) in [5.41, 5.74) is 1.66. The SMILES string of the molecule is CCCC[C@H]1CC[C@H](CCC2CCC(/C=C/C#Cc3ccc(C#N)cc3)CC2)CC1. The average molecular weight is 402 g/mol. The molecule has 2 aliphatic rings. The summed E-state index contributed by atoms with van der Waals surface area (Å²) in [5, 5.41) is 8.84. The quantitative estimate of drug-likeness (QED) is 0.424.